The largest absolute Gasteiger partial charge is 0.462 e. The molecule has 0 aliphatic heterocycles. The van der Waals surface area contributed by atoms with Gasteiger partial charge in [0.05, 0.1) is 11.9 Å². The molecule has 1 N–H and O–H groups in total. The smallest absolute Gasteiger partial charge is 0.315 e. The van der Waals surface area contributed by atoms with E-state index >= 15 is 0 Å². The molecule has 10 heavy (non-hydrogen) atoms. The lowest BCUT2D eigenvalue weighted by atomic mass is 10.4. The average molecular weight is 164 g/mol. The lowest BCUT2D eigenvalue weighted by Crippen LogP contribution is -2.16. The molecule has 1 atom stereocenters. The molecule has 0 bridgehead atoms. The average Bonchev–Trinajstić information content (AvgIpc) is 1.85. The first kappa shape index (κ1) is 9.78. The predicted octanol–water partition coefficient (Wildman–Crippen LogP) is 0.273. The van der Waals surface area contributed by atoms with Gasteiger partial charge in [-0.05, 0) is 13.2 Å². The van der Waals surface area contributed by atoms with E-state index in [2.05, 4.69) is 4.74 Å². The van der Waals surface area contributed by atoms with Crippen LogP contribution in [0.3, 0.4) is 0 Å². The van der Waals surface area contributed by atoms with Crippen molar-refractivity contribution in [3.63, 3.8) is 0 Å². The fourth-order valence-corrected chi connectivity index (χ4v) is 0.692. The van der Waals surface area contributed by atoms with E-state index in [0.717, 1.165) is 0 Å². The molecule has 60 valence electrons. The van der Waals surface area contributed by atoms with Gasteiger partial charge in [0, 0.05) is 0 Å². The highest BCUT2D eigenvalue weighted by Crippen LogP contribution is 1.93. The fraction of sp³-hybridized carbons (Fsp3) is 0.833. The van der Waals surface area contributed by atoms with Crippen molar-refractivity contribution in [3.05, 3.63) is 0 Å². The molecule has 0 amide bonds. The third kappa shape index (κ3) is 5.91. The number of carbonyl (C=O) groups is 1. The van der Waals surface area contributed by atoms with Crippen LogP contribution in [0.25, 0.3) is 0 Å². The maximum atomic E-state index is 10.6. The maximum absolute atomic E-state index is 10.6. The van der Waals surface area contributed by atoms with E-state index < -0.39 is 6.10 Å². The van der Waals surface area contributed by atoms with Crippen molar-refractivity contribution in [2.75, 3.05) is 18.6 Å². The van der Waals surface area contributed by atoms with Gasteiger partial charge in [0.15, 0.2) is 0 Å². The van der Waals surface area contributed by atoms with E-state index in [0.29, 0.717) is 5.75 Å². The summed E-state index contributed by atoms with van der Waals surface area (Å²) in [5.74, 6) is 0.0839. The Morgan fingerprint density at radius 2 is 2.40 bits per heavy atom. The lowest BCUT2D eigenvalue weighted by Gasteiger charge is -2.04. The van der Waals surface area contributed by atoms with Crippen LogP contribution in [0.4, 0.5) is 0 Å². The highest BCUT2D eigenvalue weighted by molar-refractivity contribution is 7.99. The van der Waals surface area contributed by atoms with Crippen molar-refractivity contribution in [3.8, 4) is 0 Å². The van der Waals surface area contributed by atoms with Crippen LogP contribution in [0.1, 0.15) is 6.92 Å². The number of aliphatic hydroxyl groups is 1. The predicted molar refractivity (Wildman–Crippen MR) is 41.0 cm³/mol. The topological polar surface area (TPSA) is 46.5 Å². The van der Waals surface area contributed by atoms with Gasteiger partial charge in [0.2, 0.25) is 0 Å². The summed E-state index contributed by atoms with van der Waals surface area (Å²) in [7, 11) is 0. The zero-order chi connectivity index (χ0) is 7.98. The van der Waals surface area contributed by atoms with Crippen molar-refractivity contribution >= 4 is 17.7 Å². The minimum atomic E-state index is -0.564. The maximum Gasteiger partial charge on any atom is 0.315 e. The number of hydrogen-bond donors (Lipinski definition) is 1. The normalized spacial score (nSPS) is 12.7. The van der Waals surface area contributed by atoms with Gasteiger partial charge in [0.25, 0.3) is 0 Å². The summed E-state index contributed by atoms with van der Waals surface area (Å²) in [6.45, 7) is 1.67. The van der Waals surface area contributed by atoms with E-state index in [4.69, 9.17) is 5.11 Å². The highest BCUT2D eigenvalue weighted by Gasteiger charge is 2.02. The fourth-order valence-electron chi connectivity index (χ4n) is 0.373. The Balaban J connectivity index is 3.22. The van der Waals surface area contributed by atoms with Crippen molar-refractivity contribution in [1.82, 2.24) is 0 Å². The Kier molecular flexibility index (Phi) is 5.43. The molecule has 0 aromatic heterocycles. The summed E-state index contributed by atoms with van der Waals surface area (Å²) < 4.78 is 4.63. The molecule has 4 heteroatoms. The Bertz CT molecular complexity index is 103. The molecule has 0 saturated heterocycles. The first-order valence-electron chi connectivity index (χ1n) is 2.99. The molecule has 0 aliphatic carbocycles. The summed E-state index contributed by atoms with van der Waals surface area (Å²) in [6.07, 6.45) is 1.26. The van der Waals surface area contributed by atoms with E-state index in [1.165, 1.54) is 11.8 Å². The van der Waals surface area contributed by atoms with E-state index in [9.17, 15) is 4.79 Å². The van der Waals surface area contributed by atoms with Crippen molar-refractivity contribution < 1.29 is 14.6 Å². The molecule has 0 aliphatic rings. The molecule has 0 radical (unpaired) electrons. The minimum Gasteiger partial charge on any atom is -0.462 e. The first-order chi connectivity index (χ1) is 4.66. The van der Waals surface area contributed by atoms with Crippen LogP contribution in [-0.4, -0.2) is 35.8 Å². The second-order valence-electron chi connectivity index (χ2n) is 1.97. The molecular weight excluding hydrogens is 152 g/mol. The molecule has 0 rings (SSSR count). The molecule has 3 nitrogen and oxygen atoms in total. The third-order valence-electron chi connectivity index (χ3n) is 0.748. The summed E-state index contributed by atoms with van der Waals surface area (Å²) in [6, 6.07) is 0. The van der Waals surface area contributed by atoms with Gasteiger partial charge < -0.3 is 9.84 Å². The van der Waals surface area contributed by atoms with Crippen LogP contribution in [0, 0.1) is 0 Å². The van der Waals surface area contributed by atoms with Gasteiger partial charge in [0.1, 0.15) is 6.61 Å². The summed E-state index contributed by atoms with van der Waals surface area (Å²) in [4.78, 5) is 10.6. The van der Waals surface area contributed by atoms with Crippen LogP contribution in [0.5, 0.6) is 0 Å². The van der Waals surface area contributed by atoms with Gasteiger partial charge in [-0.1, -0.05) is 0 Å². The zero-order valence-corrected chi connectivity index (χ0v) is 6.98. The zero-order valence-electron chi connectivity index (χ0n) is 6.16. The molecule has 0 spiro atoms. The number of ether oxygens (including phenoxy) is 1. The monoisotopic (exact) mass is 164 g/mol. The Hall–Kier alpha value is -0.220. The number of hydrogen-bond acceptors (Lipinski definition) is 4. The van der Waals surface area contributed by atoms with Crippen LogP contribution in [0.15, 0.2) is 0 Å². The highest BCUT2D eigenvalue weighted by atomic mass is 32.2. The number of rotatable bonds is 4. The second-order valence-corrected chi connectivity index (χ2v) is 2.83. The first-order valence-corrected chi connectivity index (χ1v) is 4.39. The van der Waals surface area contributed by atoms with Gasteiger partial charge in [-0.25, -0.2) is 0 Å². The molecule has 1 unspecified atom stereocenters. The minimum absolute atomic E-state index is 0.0966. The van der Waals surface area contributed by atoms with Crippen molar-refractivity contribution in [1.29, 1.82) is 0 Å². The molecule has 0 fully saturated rings. The van der Waals surface area contributed by atoms with Gasteiger partial charge in [-0.15, -0.1) is 0 Å². The molecule has 0 aromatic rings. The van der Waals surface area contributed by atoms with Gasteiger partial charge in [-0.2, -0.15) is 11.8 Å². The van der Waals surface area contributed by atoms with E-state index in [-0.39, 0.29) is 12.6 Å². The number of thioether (sulfide) groups is 1. The second kappa shape index (κ2) is 5.56. The molecular formula is C6H12O3S. The summed E-state index contributed by atoms with van der Waals surface area (Å²) in [5, 5.41) is 8.69. The number of carbonyl (C=O) groups excluding carboxylic acids is 1. The number of esters is 1. The SMILES string of the molecule is CSCC(=O)OCC(C)O. The number of aliphatic hydroxyl groups excluding tert-OH is 1. The lowest BCUT2D eigenvalue weighted by molar-refractivity contribution is -0.143. The standard InChI is InChI=1S/C6H12O3S/c1-5(7)3-9-6(8)4-10-2/h5,7H,3-4H2,1-2H3. The Morgan fingerprint density at radius 3 is 2.80 bits per heavy atom. The quantitative estimate of drug-likeness (QED) is 0.606. The Labute approximate surface area is 64.8 Å². The van der Waals surface area contributed by atoms with Crippen LogP contribution >= 0.6 is 11.8 Å². The molecule has 0 aromatic carbocycles. The van der Waals surface area contributed by atoms with Crippen molar-refractivity contribution in [2.45, 2.75) is 13.0 Å². The van der Waals surface area contributed by atoms with Crippen LogP contribution in [0.2, 0.25) is 0 Å². The summed E-state index contributed by atoms with van der Waals surface area (Å²) >= 11 is 1.41. The molecule has 0 heterocycles. The third-order valence-corrected chi connectivity index (χ3v) is 1.27. The van der Waals surface area contributed by atoms with Crippen molar-refractivity contribution in [2.24, 2.45) is 0 Å². The van der Waals surface area contributed by atoms with E-state index in [1.807, 2.05) is 6.26 Å². The molecule has 0 saturated carbocycles. The van der Waals surface area contributed by atoms with E-state index in [1.54, 1.807) is 6.92 Å². The van der Waals surface area contributed by atoms with Gasteiger partial charge in [-0.3, -0.25) is 4.79 Å². The van der Waals surface area contributed by atoms with Crippen LogP contribution in [-0.2, 0) is 9.53 Å². The van der Waals surface area contributed by atoms with Gasteiger partial charge >= 0.3 is 5.97 Å². The summed E-state index contributed by atoms with van der Waals surface area (Å²) in [5.41, 5.74) is 0. The Morgan fingerprint density at radius 1 is 1.80 bits per heavy atom. The van der Waals surface area contributed by atoms with Crippen LogP contribution < -0.4 is 0 Å².